The number of benzene rings is 1. The van der Waals surface area contributed by atoms with Gasteiger partial charge in [0.2, 0.25) is 0 Å². The Hall–Kier alpha value is -4.14. The summed E-state index contributed by atoms with van der Waals surface area (Å²) in [6, 6.07) is 11.6. The summed E-state index contributed by atoms with van der Waals surface area (Å²) in [4.78, 5) is 31.7. The van der Waals surface area contributed by atoms with Crippen LogP contribution in [-0.4, -0.2) is 32.2 Å². The number of pyridine rings is 2. The number of amides is 1. The smallest absolute Gasteiger partial charge is 0.411 e. The van der Waals surface area contributed by atoms with E-state index in [-0.39, 0.29) is 30.3 Å². The van der Waals surface area contributed by atoms with E-state index in [0.717, 1.165) is 35.7 Å². The Bertz CT molecular complexity index is 1580. The first-order valence-electron chi connectivity index (χ1n) is 12.7. The maximum Gasteiger partial charge on any atom is 0.411 e. The van der Waals surface area contributed by atoms with Crippen LogP contribution in [0.3, 0.4) is 0 Å². The lowest BCUT2D eigenvalue weighted by atomic mass is 9.97. The lowest BCUT2D eigenvalue weighted by Gasteiger charge is -2.35. The van der Waals surface area contributed by atoms with Crippen molar-refractivity contribution >= 4 is 17.1 Å². The van der Waals surface area contributed by atoms with Gasteiger partial charge in [0.05, 0.1) is 23.6 Å². The van der Waals surface area contributed by atoms with Crippen LogP contribution >= 0.6 is 0 Å². The van der Waals surface area contributed by atoms with Gasteiger partial charge in [-0.3, -0.25) is 19.2 Å². The van der Waals surface area contributed by atoms with Crippen LogP contribution < -0.4 is 10.3 Å². The minimum atomic E-state index is -0.560. The number of nitrogens with zero attached hydrogens (tertiary/aromatic N) is 3. The van der Waals surface area contributed by atoms with Gasteiger partial charge >= 0.3 is 6.09 Å². The second kappa shape index (κ2) is 9.01. The molecule has 0 radical (unpaired) electrons. The highest BCUT2D eigenvalue weighted by molar-refractivity contribution is 5.86. The van der Waals surface area contributed by atoms with E-state index in [1.54, 1.807) is 12.3 Å². The van der Waals surface area contributed by atoms with E-state index >= 15 is 0 Å². The van der Waals surface area contributed by atoms with Crippen LogP contribution in [-0.2, 0) is 17.8 Å². The van der Waals surface area contributed by atoms with Crippen molar-refractivity contribution in [2.24, 2.45) is 0 Å². The van der Waals surface area contributed by atoms with Crippen LogP contribution in [0.25, 0.3) is 16.7 Å². The summed E-state index contributed by atoms with van der Waals surface area (Å²) in [6.07, 6.45) is 4.90. The number of hydrogen-bond acceptors (Lipinski definition) is 6. The second-order valence-corrected chi connectivity index (χ2v) is 10.8. The first-order chi connectivity index (χ1) is 18.2. The Morgan fingerprint density at radius 2 is 2.00 bits per heavy atom. The molecule has 2 atom stereocenters. The summed E-state index contributed by atoms with van der Waals surface area (Å²) in [5.74, 6) is 0.874. The quantitative estimate of drug-likeness (QED) is 0.346. The first kappa shape index (κ1) is 24.2. The van der Waals surface area contributed by atoms with Gasteiger partial charge in [-0.2, -0.15) is 0 Å². The predicted octanol–water partition coefficient (Wildman–Crippen LogP) is 5.69. The average molecular weight is 518 g/mol. The number of halogens is 1. The van der Waals surface area contributed by atoms with Gasteiger partial charge in [-0.1, -0.05) is 0 Å². The van der Waals surface area contributed by atoms with E-state index in [2.05, 4.69) is 4.98 Å². The molecule has 1 saturated heterocycles. The maximum atomic E-state index is 13.0. The van der Waals surface area contributed by atoms with Crippen molar-refractivity contribution in [3.05, 3.63) is 88.0 Å². The summed E-state index contributed by atoms with van der Waals surface area (Å²) in [5.41, 5.74) is 2.11. The van der Waals surface area contributed by atoms with Crippen LogP contribution in [0.2, 0.25) is 0 Å². The molecular formula is C29H28FN3O5. The van der Waals surface area contributed by atoms with Crippen LogP contribution in [0.4, 0.5) is 9.18 Å². The highest BCUT2D eigenvalue weighted by atomic mass is 19.1. The zero-order chi connectivity index (χ0) is 26.6. The van der Waals surface area contributed by atoms with Crippen LogP contribution in [0.15, 0.2) is 64.1 Å². The van der Waals surface area contributed by atoms with Gasteiger partial charge in [-0.25, -0.2) is 9.18 Å². The number of aromatic nitrogens is 2. The molecule has 2 bridgehead atoms. The van der Waals surface area contributed by atoms with Gasteiger partial charge in [0.1, 0.15) is 35.1 Å². The van der Waals surface area contributed by atoms with Crippen molar-refractivity contribution < 1.29 is 23.1 Å². The molecule has 2 unspecified atom stereocenters. The third kappa shape index (κ3) is 4.42. The molecular weight excluding hydrogens is 489 g/mol. The third-order valence-electron chi connectivity index (χ3n) is 6.99. The molecule has 5 heterocycles. The molecule has 6 rings (SSSR count). The largest absolute Gasteiger partial charge is 0.487 e. The average Bonchev–Trinajstić information content (AvgIpc) is 3.39. The fourth-order valence-corrected chi connectivity index (χ4v) is 5.41. The highest BCUT2D eigenvalue weighted by Crippen LogP contribution is 2.48. The molecule has 0 aliphatic carbocycles. The fraction of sp³-hybridized carbons (Fsp3) is 0.345. The van der Waals surface area contributed by atoms with E-state index in [9.17, 15) is 14.0 Å². The monoisotopic (exact) mass is 517 g/mol. The summed E-state index contributed by atoms with van der Waals surface area (Å²) >= 11 is 0. The van der Waals surface area contributed by atoms with E-state index < -0.39 is 11.4 Å². The van der Waals surface area contributed by atoms with Gasteiger partial charge in [-0.05, 0) is 63.9 Å². The van der Waals surface area contributed by atoms with E-state index in [0.29, 0.717) is 29.1 Å². The van der Waals surface area contributed by atoms with Crippen molar-refractivity contribution in [3.8, 4) is 11.4 Å². The number of hydrogen-bond donors (Lipinski definition) is 0. The first-order valence-corrected chi connectivity index (χ1v) is 12.7. The SMILES string of the molecule is CC(C)(C)OC(=O)N1C2CCC1c1c(oc3cc(-n4ccc(OCc5ccc(F)cn5)cc4=O)ccc13)C2. The molecule has 9 heteroatoms. The van der Waals surface area contributed by atoms with Crippen LogP contribution in [0.5, 0.6) is 5.75 Å². The lowest BCUT2D eigenvalue weighted by Crippen LogP contribution is -2.44. The standard InChI is InChI=1S/C29H28FN3O5/c1-29(2,3)38-28(35)33-20-7-9-23(33)27-22-8-6-19(12-24(22)37-25(27)13-20)32-11-10-21(14-26(32)34)36-16-18-5-4-17(30)15-31-18/h4-6,8,10-12,14-15,20,23H,7,9,13,16H2,1-3H3. The Morgan fingerprint density at radius 1 is 1.16 bits per heavy atom. The van der Waals surface area contributed by atoms with E-state index in [4.69, 9.17) is 13.9 Å². The van der Waals surface area contributed by atoms with Crippen molar-refractivity contribution in [3.63, 3.8) is 0 Å². The van der Waals surface area contributed by atoms with Gasteiger partial charge in [0.25, 0.3) is 5.56 Å². The van der Waals surface area contributed by atoms with Crippen LogP contribution in [0, 0.1) is 5.82 Å². The van der Waals surface area contributed by atoms with Crippen LogP contribution in [0.1, 0.15) is 56.7 Å². The molecule has 8 nitrogen and oxygen atoms in total. The fourth-order valence-electron chi connectivity index (χ4n) is 5.41. The Labute approximate surface area is 218 Å². The lowest BCUT2D eigenvalue weighted by molar-refractivity contribution is 0.0119. The molecule has 2 aliphatic rings. The summed E-state index contributed by atoms with van der Waals surface area (Å²) in [5, 5.41) is 0.947. The molecule has 2 aliphatic heterocycles. The van der Waals surface area contributed by atoms with Crippen molar-refractivity contribution in [2.45, 2.75) is 64.3 Å². The van der Waals surface area contributed by atoms with Gasteiger partial charge in [0, 0.05) is 41.7 Å². The molecule has 0 saturated carbocycles. The molecule has 1 amide bonds. The number of furan rings is 1. The molecule has 1 aromatic carbocycles. The van der Waals surface area contributed by atoms with Crippen molar-refractivity contribution in [1.82, 2.24) is 14.5 Å². The third-order valence-corrected chi connectivity index (χ3v) is 6.99. The van der Waals surface area contributed by atoms with E-state index in [1.807, 2.05) is 43.9 Å². The number of carbonyl (C=O) groups is 1. The molecule has 38 heavy (non-hydrogen) atoms. The zero-order valence-corrected chi connectivity index (χ0v) is 21.4. The molecule has 3 aromatic heterocycles. The Kier molecular flexibility index (Phi) is 5.74. The molecule has 196 valence electrons. The van der Waals surface area contributed by atoms with Crippen molar-refractivity contribution in [2.75, 3.05) is 0 Å². The summed E-state index contributed by atoms with van der Waals surface area (Å²) in [6.45, 7) is 5.75. The molecule has 4 aromatic rings. The summed E-state index contributed by atoms with van der Waals surface area (Å²) in [7, 11) is 0. The summed E-state index contributed by atoms with van der Waals surface area (Å²) < 4.78 is 32.2. The minimum Gasteiger partial charge on any atom is -0.487 e. The van der Waals surface area contributed by atoms with Crippen molar-refractivity contribution in [1.29, 1.82) is 0 Å². The number of ether oxygens (including phenoxy) is 2. The zero-order valence-electron chi connectivity index (χ0n) is 21.4. The normalized spacial score (nSPS) is 18.5. The topological polar surface area (TPSA) is 86.8 Å². The molecule has 1 fully saturated rings. The van der Waals surface area contributed by atoms with Gasteiger partial charge < -0.3 is 13.9 Å². The maximum absolute atomic E-state index is 13.0. The minimum absolute atomic E-state index is 0.0580. The predicted molar refractivity (Wildman–Crippen MR) is 138 cm³/mol. The molecule has 0 spiro atoms. The molecule has 0 N–H and O–H groups in total. The Balaban J connectivity index is 1.25. The number of fused-ring (bicyclic) bond motifs is 6. The Morgan fingerprint density at radius 3 is 2.74 bits per heavy atom. The van der Waals surface area contributed by atoms with Gasteiger partial charge in [0.15, 0.2) is 0 Å². The van der Waals surface area contributed by atoms with Gasteiger partial charge in [-0.15, -0.1) is 0 Å². The second-order valence-electron chi connectivity index (χ2n) is 10.8. The highest BCUT2D eigenvalue weighted by Gasteiger charge is 2.46. The van der Waals surface area contributed by atoms with E-state index in [1.165, 1.54) is 22.8 Å². The number of carbonyl (C=O) groups excluding carboxylic acids is 1. The number of rotatable bonds is 4.